The number of thiophene rings is 1. The predicted molar refractivity (Wildman–Crippen MR) is 41.2 cm³/mol. The minimum atomic E-state index is 0.785. The molecule has 1 atom stereocenters. The molecule has 0 aromatic carbocycles. The second kappa shape index (κ2) is 2.81. The topological polar surface area (TPSA) is 0 Å². The average Bonchev–Trinajstić information content (AvgIpc) is 2.14. The molecule has 0 fully saturated rings. The summed E-state index contributed by atoms with van der Waals surface area (Å²) in [5, 5.41) is 2.09. The molecule has 1 heterocycles. The molecular weight excluding hydrogens is 191 g/mol. The Morgan fingerprint density at radius 1 is 1.71 bits per heavy atom. The van der Waals surface area contributed by atoms with Crippen LogP contribution in [-0.4, -0.2) is 0 Å². The molecule has 3 heteroatoms. The quantitative estimate of drug-likeness (QED) is 0.603. The number of hydrogen-bond acceptors (Lipinski definition) is 1. The summed E-state index contributed by atoms with van der Waals surface area (Å²) < 4.78 is 1.42. The maximum absolute atomic E-state index is 3.37. The minimum absolute atomic E-state index is 0.785. The van der Waals surface area contributed by atoms with E-state index < -0.39 is 0 Å². The zero-order valence-electron chi connectivity index (χ0n) is 3.52. The molecule has 0 N–H and O–H groups in total. The molecular formula is C4H4BrPS. The van der Waals surface area contributed by atoms with E-state index in [9.17, 15) is 0 Å². The van der Waals surface area contributed by atoms with Crippen LogP contribution in [0.5, 0.6) is 0 Å². The normalized spacial score (nSPS) is 11.0. The van der Waals surface area contributed by atoms with Gasteiger partial charge in [0.2, 0.25) is 0 Å². The second-order valence-corrected chi connectivity index (χ2v) is 4.30. The zero-order valence-corrected chi connectivity index (χ0v) is 6.92. The van der Waals surface area contributed by atoms with Gasteiger partial charge in [0, 0.05) is 4.62 Å². The molecule has 7 heavy (non-hydrogen) atoms. The summed E-state index contributed by atoms with van der Waals surface area (Å²) in [6.07, 6.45) is 0. The highest BCUT2D eigenvalue weighted by atomic mass is 79.9. The van der Waals surface area contributed by atoms with Gasteiger partial charge in [0.1, 0.15) is 0 Å². The van der Waals surface area contributed by atoms with Crippen molar-refractivity contribution in [1.29, 1.82) is 0 Å². The summed E-state index contributed by atoms with van der Waals surface area (Å²) in [6.45, 7) is 0. The smallest absolute Gasteiger partial charge is 0.0358 e. The Morgan fingerprint density at radius 3 is 2.86 bits per heavy atom. The summed E-state index contributed by atoms with van der Waals surface area (Å²) in [5.41, 5.74) is 0. The van der Waals surface area contributed by atoms with Crippen LogP contribution in [0.4, 0.5) is 0 Å². The molecule has 1 aromatic heterocycles. The molecule has 38 valence electrons. The van der Waals surface area contributed by atoms with Crippen LogP contribution in [0.1, 0.15) is 0 Å². The van der Waals surface area contributed by atoms with E-state index in [2.05, 4.69) is 33.0 Å². The maximum Gasteiger partial charge on any atom is 0.0358 e. The largest absolute Gasteiger partial charge is 0.143 e. The van der Waals surface area contributed by atoms with E-state index >= 15 is 0 Å². The highest BCUT2D eigenvalue weighted by molar-refractivity contribution is 9.37. The van der Waals surface area contributed by atoms with Crippen LogP contribution in [0.3, 0.4) is 0 Å². The van der Waals surface area contributed by atoms with E-state index in [1.54, 1.807) is 11.3 Å². The molecule has 0 spiro atoms. The highest BCUT2D eigenvalue weighted by Crippen LogP contribution is 2.20. The van der Waals surface area contributed by atoms with Gasteiger partial charge in [-0.3, -0.25) is 0 Å². The standard InChI is InChI=1S/C4H4BrPS/c5-6-4-2-1-3-7-4/h1-3,6H. The molecule has 0 aliphatic heterocycles. The Kier molecular flexibility index (Phi) is 2.30. The zero-order chi connectivity index (χ0) is 5.11. The Labute approximate surface area is 56.5 Å². The van der Waals surface area contributed by atoms with Gasteiger partial charge in [0.25, 0.3) is 0 Å². The molecule has 0 nitrogen and oxygen atoms in total. The van der Waals surface area contributed by atoms with Crippen molar-refractivity contribution in [2.24, 2.45) is 0 Å². The monoisotopic (exact) mass is 194 g/mol. The van der Waals surface area contributed by atoms with Gasteiger partial charge in [-0.1, -0.05) is 21.6 Å². The highest BCUT2D eigenvalue weighted by Gasteiger charge is 1.84. The summed E-state index contributed by atoms with van der Waals surface area (Å²) in [4.78, 5) is 0. The lowest BCUT2D eigenvalue weighted by Gasteiger charge is -1.76. The van der Waals surface area contributed by atoms with E-state index in [1.165, 1.54) is 4.62 Å². The maximum atomic E-state index is 3.37. The van der Waals surface area contributed by atoms with Crippen LogP contribution in [0.25, 0.3) is 0 Å². The van der Waals surface area contributed by atoms with Crippen molar-refractivity contribution in [3.05, 3.63) is 17.5 Å². The van der Waals surface area contributed by atoms with Crippen LogP contribution in [-0.2, 0) is 0 Å². The van der Waals surface area contributed by atoms with Gasteiger partial charge in [-0.15, -0.1) is 11.3 Å². The first-order valence-electron chi connectivity index (χ1n) is 1.83. The van der Waals surface area contributed by atoms with Crippen LogP contribution in [0.2, 0.25) is 0 Å². The molecule has 0 radical (unpaired) electrons. The lowest BCUT2D eigenvalue weighted by atomic mass is 10.7. The number of halogens is 1. The number of rotatable bonds is 1. The van der Waals surface area contributed by atoms with Gasteiger partial charge < -0.3 is 0 Å². The van der Waals surface area contributed by atoms with Gasteiger partial charge in [-0.2, -0.15) is 0 Å². The molecule has 0 amide bonds. The fourth-order valence-corrected chi connectivity index (χ4v) is 2.57. The van der Waals surface area contributed by atoms with Crippen molar-refractivity contribution in [2.45, 2.75) is 0 Å². The van der Waals surface area contributed by atoms with E-state index in [-0.39, 0.29) is 0 Å². The number of hydrogen-bond donors (Lipinski definition) is 0. The van der Waals surface area contributed by atoms with Crippen molar-refractivity contribution in [3.8, 4) is 0 Å². The van der Waals surface area contributed by atoms with Gasteiger partial charge in [0.05, 0.1) is 0 Å². The van der Waals surface area contributed by atoms with Gasteiger partial charge in [-0.05, 0) is 18.7 Å². The first-order valence-corrected chi connectivity index (χ1v) is 5.97. The van der Waals surface area contributed by atoms with Crippen LogP contribution < -0.4 is 4.62 Å². The second-order valence-electron chi connectivity index (χ2n) is 1.07. The molecule has 0 aliphatic carbocycles. The molecule has 1 rings (SSSR count). The molecule has 1 unspecified atom stereocenters. The van der Waals surface area contributed by atoms with E-state index in [1.807, 2.05) is 0 Å². The third kappa shape index (κ3) is 1.52. The van der Waals surface area contributed by atoms with Crippen LogP contribution in [0, 0.1) is 0 Å². The first-order chi connectivity index (χ1) is 3.43. The molecule has 1 aromatic rings. The van der Waals surface area contributed by atoms with E-state index in [4.69, 9.17) is 0 Å². The van der Waals surface area contributed by atoms with Crippen molar-refractivity contribution >= 4 is 38.7 Å². The Bertz CT molecular complexity index is 126. The SMILES string of the molecule is BrPc1cccs1. The summed E-state index contributed by atoms with van der Waals surface area (Å²) in [5.74, 6) is 0. The minimum Gasteiger partial charge on any atom is -0.143 e. The third-order valence-corrected chi connectivity index (χ3v) is 4.38. The van der Waals surface area contributed by atoms with Crippen LogP contribution >= 0.6 is 34.1 Å². The average molecular weight is 195 g/mol. The van der Waals surface area contributed by atoms with Gasteiger partial charge >= 0.3 is 0 Å². The summed E-state index contributed by atoms with van der Waals surface area (Å²) in [7, 11) is 0.785. The Hall–Kier alpha value is 0.610. The van der Waals surface area contributed by atoms with Crippen molar-refractivity contribution in [2.75, 3.05) is 0 Å². The molecule has 0 aliphatic rings. The molecule has 0 bridgehead atoms. The fourth-order valence-electron chi connectivity index (χ4n) is 0.332. The third-order valence-electron chi connectivity index (χ3n) is 0.614. The van der Waals surface area contributed by atoms with Crippen molar-refractivity contribution in [3.63, 3.8) is 0 Å². The lowest BCUT2D eigenvalue weighted by molar-refractivity contribution is 2.07. The first kappa shape index (κ1) is 5.74. The van der Waals surface area contributed by atoms with Crippen LogP contribution in [0.15, 0.2) is 17.5 Å². The van der Waals surface area contributed by atoms with Crippen molar-refractivity contribution < 1.29 is 0 Å². The Morgan fingerprint density at radius 2 is 2.57 bits per heavy atom. The van der Waals surface area contributed by atoms with E-state index in [0.29, 0.717) is 0 Å². The molecule has 0 saturated carbocycles. The predicted octanol–water partition coefficient (Wildman–Crippen LogP) is 2.36. The molecule has 0 saturated heterocycles. The van der Waals surface area contributed by atoms with Gasteiger partial charge in [0.15, 0.2) is 0 Å². The van der Waals surface area contributed by atoms with Gasteiger partial charge in [-0.25, -0.2) is 0 Å². The van der Waals surface area contributed by atoms with Crippen molar-refractivity contribution in [1.82, 2.24) is 0 Å². The lowest BCUT2D eigenvalue weighted by Crippen LogP contribution is -1.73. The fraction of sp³-hybridized carbons (Fsp3) is 0. The summed E-state index contributed by atoms with van der Waals surface area (Å²) in [6, 6.07) is 4.19. The van der Waals surface area contributed by atoms with E-state index in [0.717, 1.165) is 7.28 Å². The Balaban J connectivity index is 2.76. The summed E-state index contributed by atoms with van der Waals surface area (Å²) >= 11 is 5.16.